The summed E-state index contributed by atoms with van der Waals surface area (Å²) in [6, 6.07) is 1.90. The van der Waals surface area contributed by atoms with Gasteiger partial charge in [0.15, 0.2) is 5.15 Å². The highest BCUT2D eigenvalue weighted by Crippen LogP contribution is 2.28. The normalized spacial score (nSPS) is 21.0. The number of nitrogens with zero attached hydrogens (tertiary/aromatic N) is 3. The van der Waals surface area contributed by atoms with Crippen molar-refractivity contribution in [3.63, 3.8) is 0 Å². The molecule has 1 saturated carbocycles. The van der Waals surface area contributed by atoms with Gasteiger partial charge in [-0.1, -0.05) is 24.4 Å². The van der Waals surface area contributed by atoms with Crippen LogP contribution in [0, 0.1) is 0 Å². The van der Waals surface area contributed by atoms with E-state index in [2.05, 4.69) is 5.10 Å². The first-order valence-corrected chi connectivity index (χ1v) is 7.25. The van der Waals surface area contributed by atoms with Crippen molar-refractivity contribution in [3.8, 4) is 0 Å². The maximum Gasteiger partial charge on any atom is 0.290 e. The summed E-state index contributed by atoms with van der Waals surface area (Å²) in [4.78, 5) is 14.6. The van der Waals surface area contributed by atoms with E-state index in [1.807, 2.05) is 4.90 Å². The molecule has 19 heavy (non-hydrogen) atoms. The fourth-order valence-corrected chi connectivity index (χ4v) is 3.08. The Balaban J connectivity index is 1.97. The van der Waals surface area contributed by atoms with Gasteiger partial charge in [0.2, 0.25) is 0 Å². The number of halogens is 1. The van der Waals surface area contributed by atoms with Crippen LogP contribution in [0.3, 0.4) is 0 Å². The van der Waals surface area contributed by atoms with Crippen molar-refractivity contribution in [1.29, 1.82) is 0 Å². The lowest BCUT2D eigenvalue weighted by Crippen LogP contribution is -2.41. The Morgan fingerprint density at radius 1 is 1.26 bits per heavy atom. The van der Waals surface area contributed by atoms with Gasteiger partial charge >= 0.3 is 0 Å². The van der Waals surface area contributed by atoms with E-state index in [0.717, 1.165) is 38.8 Å². The van der Waals surface area contributed by atoms with Gasteiger partial charge < -0.3 is 9.64 Å². The third kappa shape index (κ3) is 2.62. The summed E-state index contributed by atoms with van der Waals surface area (Å²) in [6.07, 6.45) is 4.38. The molecule has 1 aromatic rings. The Morgan fingerprint density at radius 3 is 2.63 bits per heavy atom. The van der Waals surface area contributed by atoms with E-state index in [-0.39, 0.29) is 11.6 Å². The van der Waals surface area contributed by atoms with Gasteiger partial charge in [-0.3, -0.25) is 4.79 Å². The van der Waals surface area contributed by atoms with Crippen LogP contribution in [0.4, 0.5) is 5.69 Å². The van der Waals surface area contributed by atoms with Crippen LogP contribution in [0.2, 0.25) is 5.15 Å². The van der Waals surface area contributed by atoms with Crippen LogP contribution in [-0.4, -0.2) is 36.1 Å². The van der Waals surface area contributed by atoms with Crippen molar-refractivity contribution >= 4 is 17.3 Å². The van der Waals surface area contributed by atoms with E-state index in [1.165, 1.54) is 0 Å². The topological polar surface area (TPSA) is 47.4 Å². The maximum absolute atomic E-state index is 12.6. The van der Waals surface area contributed by atoms with Gasteiger partial charge in [0, 0.05) is 19.2 Å². The molecule has 1 aliphatic carbocycles. The van der Waals surface area contributed by atoms with Crippen molar-refractivity contribution in [2.24, 2.45) is 0 Å². The number of anilines is 1. The van der Waals surface area contributed by atoms with Crippen LogP contribution in [0.25, 0.3) is 0 Å². The molecule has 0 amide bonds. The van der Waals surface area contributed by atoms with Crippen molar-refractivity contribution in [1.82, 2.24) is 9.78 Å². The summed E-state index contributed by atoms with van der Waals surface area (Å²) in [5.41, 5.74) is 0.647. The first-order valence-electron chi connectivity index (χ1n) is 6.88. The van der Waals surface area contributed by atoms with Gasteiger partial charge in [0.25, 0.3) is 5.56 Å². The van der Waals surface area contributed by atoms with Crippen LogP contribution < -0.4 is 10.5 Å². The first kappa shape index (κ1) is 12.9. The van der Waals surface area contributed by atoms with Gasteiger partial charge in [-0.05, 0) is 12.8 Å². The molecule has 104 valence electrons. The number of hydrogen-bond donors (Lipinski definition) is 0. The number of hydrogen-bond acceptors (Lipinski definition) is 4. The quantitative estimate of drug-likeness (QED) is 0.831. The molecule has 6 heteroatoms. The molecule has 0 spiro atoms. The molecule has 0 aromatic carbocycles. The molecule has 1 saturated heterocycles. The van der Waals surface area contributed by atoms with E-state index < -0.39 is 0 Å². The minimum absolute atomic E-state index is 0.0156. The average molecular weight is 284 g/mol. The van der Waals surface area contributed by atoms with Gasteiger partial charge in [0.1, 0.15) is 5.69 Å². The summed E-state index contributed by atoms with van der Waals surface area (Å²) in [6.45, 7) is 2.78. The lowest BCUT2D eigenvalue weighted by molar-refractivity contribution is 0.122. The third-order valence-electron chi connectivity index (χ3n) is 3.91. The summed E-state index contributed by atoms with van der Waals surface area (Å²) in [5.74, 6) is 0. The predicted octanol–water partition coefficient (Wildman–Crippen LogP) is 1.85. The monoisotopic (exact) mass is 283 g/mol. The Kier molecular flexibility index (Phi) is 3.75. The third-order valence-corrected chi connectivity index (χ3v) is 4.09. The van der Waals surface area contributed by atoms with Crippen molar-refractivity contribution in [2.75, 3.05) is 31.2 Å². The van der Waals surface area contributed by atoms with Crippen LogP contribution in [-0.2, 0) is 4.74 Å². The molecule has 0 N–H and O–H groups in total. The smallest absolute Gasteiger partial charge is 0.290 e. The highest BCUT2D eigenvalue weighted by molar-refractivity contribution is 6.29. The summed E-state index contributed by atoms with van der Waals surface area (Å²) < 4.78 is 6.92. The summed E-state index contributed by atoms with van der Waals surface area (Å²) in [7, 11) is 0. The molecular weight excluding hydrogens is 266 g/mol. The fourth-order valence-electron chi connectivity index (χ4n) is 2.90. The molecule has 0 radical (unpaired) electrons. The number of aromatic nitrogens is 2. The van der Waals surface area contributed by atoms with Crippen LogP contribution >= 0.6 is 11.6 Å². The molecule has 3 rings (SSSR count). The van der Waals surface area contributed by atoms with Crippen molar-refractivity contribution in [2.45, 2.75) is 31.7 Å². The second-order valence-corrected chi connectivity index (χ2v) is 5.53. The fraction of sp³-hybridized carbons (Fsp3) is 0.692. The highest BCUT2D eigenvalue weighted by Gasteiger charge is 2.23. The van der Waals surface area contributed by atoms with E-state index >= 15 is 0 Å². The molecule has 0 bridgehead atoms. The Morgan fingerprint density at radius 2 is 1.95 bits per heavy atom. The standard InChI is InChI=1S/C13H18ClN3O2/c14-12-9-11(16-5-7-19-8-6-16)13(18)17(15-12)10-3-1-2-4-10/h9-10H,1-8H2. The Bertz CT molecular complexity index is 505. The van der Waals surface area contributed by atoms with Gasteiger partial charge in [-0.2, -0.15) is 5.10 Å². The molecule has 5 nitrogen and oxygen atoms in total. The van der Waals surface area contributed by atoms with Crippen LogP contribution in [0.1, 0.15) is 31.7 Å². The Hall–Kier alpha value is -1.07. The SMILES string of the molecule is O=c1c(N2CCOCC2)cc(Cl)nn1C1CCCC1. The zero-order valence-corrected chi connectivity index (χ0v) is 11.6. The second kappa shape index (κ2) is 5.51. The number of rotatable bonds is 2. The molecule has 0 atom stereocenters. The molecule has 1 aromatic heterocycles. The molecule has 2 fully saturated rings. The lowest BCUT2D eigenvalue weighted by Gasteiger charge is -2.28. The summed E-state index contributed by atoms with van der Waals surface area (Å²) >= 11 is 6.09. The summed E-state index contributed by atoms with van der Waals surface area (Å²) in [5, 5.41) is 4.62. The van der Waals surface area contributed by atoms with E-state index in [0.29, 0.717) is 24.1 Å². The number of morpholine rings is 1. The minimum Gasteiger partial charge on any atom is -0.378 e. The maximum atomic E-state index is 12.6. The molecule has 1 aliphatic heterocycles. The molecule has 0 unspecified atom stereocenters. The predicted molar refractivity (Wildman–Crippen MR) is 74.0 cm³/mol. The van der Waals surface area contributed by atoms with E-state index in [1.54, 1.807) is 10.7 Å². The minimum atomic E-state index is -0.0156. The zero-order chi connectivity index (χ0) is 13.2. The number of ether oxygens (including phenoxy) is 1. The Labute approximate surface area is 117 Å². The average Bonchev–Trinajstić information content (AvgIpc) is 2.96. The van der Waals surface area contributed by atoms with Gasteiger partial charge in [-0.25, -0.2) is 4.68 Å². The molecule has 2 aliphatic rings. The van der Waals surface area contributed by atoms with E-state index in [9.17, 15) is 4.79 Å². The highest BCUT2D eigenvalue weighted by atomic mass is 35.5. The second-order valence-electron chi connectivity index (χ2n) is 5.14. The van der Waals surface area contributed by atoms with Gasteiger partial charge in [-0.15, -0.1) is 0 Å². The largest absolute Gasteiger partial charge is 0.378 e. The lowest BCUT2D eigenvalue weighted by atomic mass is 10.2. The zero-order valence-electron chi connectivity index (χ0n) is 10.8. The molecular formula is C13H18ClN3O2. The van der Waals surface area contributed by atoms with Crippen LogP contribution in [0.5, 0.6) is 0 Å². The van der Waals surface area contributed by atoms with E-state index in [4.69, 9.17) is 16.3 Å². The van der Waals surface area contributed by atoms with Crippen LogP contribution in [0.15, 0.2) is 10.9 Å². The molecule has 2 heterocycles. The first-order chi connectivity index (χ1) is 9.25. The van der Waals surface area contributed by atoms with Gasteiger partial charge in [0.05, 0.1) is 19.3 Å². The van der Waals surface area contributed by atoms with Crippen molar-refractivity contribution < 1.29 is 4.74 Å². The van der Waals surface area contributed by atoms with Crippen molar-refractivity contribution in [3.05, 3.63) is 21.6 Å².